The Labute approximate surface area is 185 Å². The van der Waals surface area contributed by atoms with Crippen molar-refractivity contribution in [2.24, 2.45) is 5.92 Å². The highest BCUT2D eigenvalue weighted by Crippen LogP contribution is 2.31. The number of methoxy groups -OCH3 is 1. The van der Waals surface area contributed by atoms with E-state index >= 15 is 0 Å². The third-order valence-corrected chi connectivity index (χ3v) is 5.30. The van der Waals surface area contributed by atoms with Crippen LogP contribution in [-0.4, -0.2) is 34.7 Å². The van der Waals surface area contributed by atoms with Crippen molar-refractivity contribution in [1.29, 1.82) is 0 Å². The lowest BCUT2D eigenvalue weighted by Crippen LogP contribution is -2.24. The number of nitrogens with one attached hydrogen (secondary N) is 1. The van der Waals surface area contributed by atoms with Crippen molar-refractivity contribution in [3.63, 3.8) is 0 Å². The topological polar surface area (TPSA) is 93.6 Å². The number of carbonyl (C=O) groups excluding carboxylic acids is 1. The first-order chi connectivity index (χ1) is 15.6. The Morgan fingerprint density at radius 2 is 2.09 bits per heavy atom. The highest BCUT2D eigenvalue weighted by Gasteiger charge is 2.24. The van der Waals surface area contributed by atoms with Gasteiger partial charge >= 0.3 is 0 Å². The summed E-state index contributed by atoms with van der Waals surface area (Å²) in [5.74, 6) is 0.00543. The number of amides is 1. The Morgan fingerprint density at radius 1 is 1.25 bits per heavy atom. The van der Waals surface area contributed by atoms with Gasteiger partial charge in [0, 0.05) is 36.3 Å². The van der Waals surface area contributed by atoms with Crippen molar-refractivity contribution < 1.29 is 23.8 Å². The summed E-state index contributed by atoms with van der Waals surface area (Å²) in [6.45, 7) is 0.449. The van der Waals surface area contributed by atoms with Crippen LogP contribution in [0.15, 0.2) is 48.9 Å². The van der Waals surface area contributed by atoms with Crippen LogP contribution < -0.4 is 14.8 Å². The van der Waals surface area contributed by atoms with Gasteiger partial charge in [0.25, 0.3) is 5.91 Å². The van der Waals surface area contributed by atoms with Gasteiger partial charge < -0.3 is 19.9 Å². The number of benzene rings is 1. The Hall–Kier alpha value is -3.52. The number of pyridine rings is 2. The Kier molecular flexibility index (Phi) is 6.61. The number of aromatic nitrogens is 2. The number of halogens is 1. The minimum Gasteiger partial charge on any atom is -0.494 e. The molecule has 0 aliphatic heterocycles. The van der Waals surface area contributed by atoms with Gasteiger partial charge in [-0.3, -0.25) is 9.78 Å². The zero-order chi connectivity index (χ0) is 22.5. The first-order valence-corrected chi connectivity index (χ1v) is 10.4. The summed E-state index contributed by atoms with van der Waals surface area (Å²) in [6.07, 6.45) is 7.03. The van der Waals surface area contributed by atoms with E-state index in [1.807, 2.05) is 0 Å². The monoisotopic (exact) mass is 437 g/mol. The van der Waals surface area contributed by atoms with E-state index in [9.17, 15) is 14.3 Å². The first-order valence-electron chi connectivity index (χ1n) is 10.4. The third kappa shape index (κ3) is 5.03. The number of carbonyl (C=O) groups is 1. The molecule has 0 saturated heterocycles. The molecule has 1 aliphatic carbocycles. The number of nitrogens with zero attached hydrogens (tertiary/aromatic N) is 2. The molecule has 1 aliphatic rings. The van der Waals surface area contributed by atoms with Gasteiger partial charge in [0.15, 0.2) is 11.6 Å². The predicted molar refractivity (Wildman–Crippen MR) is 116 cm³/mol. The quantitative estimate of drug-likeness (QED) is 0.532. The molecule has 0 atom stereocenters. The Bertz CT molecular complexity index is 1120. The molecule has 32 heavy (non-hydrogen) atoms. The summed E-state index contributed by atoms with van der Waals surface area (Å²) in [7, 11) is 1.40. The molecule has 1 saturated carbocycles. The van der Waals surface area contributed by atoms with Gasteiger partial charge in [0.2, 0.25) is 5.88 Å². The summed E-state index contributed by atoms with van der Waals surface area (Å²) in [5, 5.41) is 12.4. The van der Waals surface area contributed by atoms with Gasteiger partial charge in [-0.1, -0.05) is 6.07 Å². The zero-order valence-corrected chi connectivity index (χ0v) is 17.7. The third-order valence-electron chi connectivity index (χ3n) is 5.30. The van der Waals surface area contributed by atoms with Crippen molar-refractivity contribution in [2.75, 3.05) is 13.7 Å². The molecule has 2 N–H and O–H groups in total. The minimum atomic E-state index is -0.495. The maximum absolute atomic E-state index is 14.0. The smallest absolute Gasteiger partial charge is 0.257 e. The lowest BCUT2D eigenvalue weighted by Gasteiger charge is -2.14. The van der Waals surface area contributed by atoms with Crippen molar-refractivity contribution in [3.05, 3.63) is 71.4 Å². The van der Waals surface area contributed by atoms with E-state index in [4.69, 9.17) is 9.47 Å². The fourth-order valence-electron chi connectivity index (χ4n) is 3.29. The summed E-state index contributed by atoms with van der Waals surface area (Å²) in [5.41, 5.74) is 2.89. The molecule has 8 heteroatoms. The fourth-order valence-corrected chi connectivity index (χ4v) is 3.29. The van der Waals surface area contributed by atoms with Crippen LogP contribution in [0.5, 0.6) is 11.6 Å². The number of hydrogen-bond acceptors (Lipinski definition) is 6. The van der Waals surface area contributed by atoms with E-state index in [2.05, 4.69) is 15.3 Å². The van der Waals surface area contributed by atoms with E-state index in [-0.39, 0.29) is 36.3 Å². The van der Waals surface area contributed by atoms with Gasteiger partial charge in [0.05, 0.1) is 20.3 Å². The van der Waals surface area contributed by atoms with Crippen LogP contribution in [0.1, 0.15) is 34.3 Å². The van der Waals surface area contributed by atoms with Gasteiger partial charge in [0.1, 0.15) is 5.56 Å². The second-order valence-corrected chi connectivity index (χ2v) is 7.67. The van der Waals surface area contributed by atoms with Crippen molar-refractivity contribution >= 4 is 5.91 Å². The normalized spacial score (nSPS) is 13.0. The fraction of sp³-hybridized carbons (Fsp3) is 0.292. The van der Waals surface area contributed by atoms with Crippen LogP contribution >= 0.6 is 0 Å². The molecule has 7 nitrogen and oxygen atoms in total. The second kappa shape index (κ2) is 9.74. The highest BCUT2D eigenvalue weighted by atomic mass is 19.1. The van der Waals surface area contributed by atoms with Crippen LogP contribution in [0.25, 0.3) is 11.1 Å². The molecule has 3 aromatic rings. The van der Waals surface area contributed by atoms with E-state index in [1.165, 1.54) is 19.2 Å². The average molecular weight is 437 g/mol. The Balaban J connectivity index is 1.58. The van der Waals surface area contributed by atoms with E-state index in [0.717, 1.165) is 18.4 Å². The van der Waals surface area contributed by atoms with E-state index < -0.39 is 5.82 Å². The second-order valence-electron chi connectivity index (χ2n) is 7.67. The maximum atomic E-state index is 14.0. The first kappa shape index (κ1) is 21.7. The number of ether oxygens (including phenoxy) is 2. The molecular weight excluding hydrogens is 413 g/mol. The molecule has 1 aromatic carbocycles. The van der Waals surface area contributed by atoms with Crippen LogP contribution in [-0.2, 0) is 13.2 Å². The van der Waals surface area contributed by atoms with Gasteiger partial charge in [-0.15, -0.1) is 0 Å². The predicted octanol–water partition coefficient (Wildman–Crippen LogP) is 3.50. The number of rotatable bonds is 9. The molecule has 0 spiro atoms. The van der Waals surface area contributed by atoms with Crippen LogP contribution in [0.4, 0.5) is 4.39 Å². The molecule has 0 unspecified atom stereocenters. The van der Waals surface area contributed by atoms with Gasteiger partial charge in [-0.25, -0.2) is 9.37 Å². The van der Waals surface area contributed by atoms with E-state index in [0.29, 0.717) is 29.2 Å². The largest absolute Gasteiger partial charge is 0.494 e. The highest BCUT2D eigenvalue weighted by molar-refractivity contribution is 5.97. The SMILES string of the molecule is COc1ccc(CNC(=O)c2cc(-c3ccncc3CO)cnc2OCC2CC2)cc1F. The van der Waals surface area contributed by atoms with Crippen molar-refractivity contribution in [3.8, 4) is 22.8 Å². The molecule has 4 rings (SSSR count). The van der Waals surface area contributed by atoms with Crippen LogP contribution in [0, 0.1) is 11.7 Å². The summed E-state index contributed by atoms with van der Waals surface area (Å²) < 4.78 is 24.7. The molecule has 166 valence electrons. The summed E-state index contributed by atoms with van der Waals surface area (Å²) in [4.78, 5) is 21.4. The molecule has 1 fully saturated rings. The Morgan fingerprint density at radius 3 is 2.81 bits per heavy atom. The van der Waals surface area contributed by atoms with Gasteiger partial charge in [-0.2, -0.15) is 0 Å². The molecule has 2 aromatic heterocycles. The van der Waals surface area contributed by atoms with Crippen molar-refractivity contribution in [1.82, 2.24) is 15.3 Å². The minimum absolute atomic E-state index is 0.128. The van der Waals surface area contributed by atoms with Gasteiger partial charge in [-0.05, 0) is 54.2 Å². The van der Waals surface area contributed by atoms with Crippen LogP contribution in [0.3, 0.4) is 0 Å². The number of aliphatic hydroxyl groups excluding tert-OH is 1. The number of aliphatic hydroxyl groups is 1. The lowest BCUT2D eigenvalue weighted by molar-refractivity contribution is 0.0945. The zero-order valence-electron chi connectivity index (χ0n) is 17.7. The standard InChI is InChI=1S/C24H24FN3O4/c1-31-22-5-4-16(8-21(22)25)10-27-23(30)20-9-17(19-6-7-26-11-18(19)13-29)12-28-24(20)32-14-15-2-3-15/h4-9,11-12,15,29H,2-3,10,13-14H2,1H3,(H,27,30). The molecule has 1 amide bonds. The van der Waals surface area contributed by atoms with Crippen molar-refractivity contribution in [2.45, 2.75) is 26.0 Å². The van der Waals surface area contributed by atoms with E-state index in [1.54, 1.807) is 36.8 Å². The summed E-state index contributed by atoms with van der Waals surface area (Å²) >= 11 is 0. The summed E-state index contributed by atoms with van der Waals surface area (Å²) in [6, 6.07) is 7.97. The molecular formula is C24H24FN3O4. The lowest BCUT2D eigenvalue weighted by atomic mass is 10.0. The average Bonchev–Trinajstić information content (AvgIpc) is 3.66. The molecule has 2 heterocycles. The molecule has 0 bridgehead atoms. The van der Waals surface area contributed by atoms with Crippen LogP contribution in [0.2, 0.25) is 0 Å². The maximum Gasteiger partial charge on any atom is 0.257 e. The molecule has 0 radical (unpaired) electrons. The number of hydrogen-bond donors (Lipinski definition) is 2.